The summed E-state index contributed by atoms with van der Waals surface area (Å²) in [6.45, 7) is 5.86. The summed E-state index contributed by atoms with van der Waals surface area (Å²) in [6, 6.07) is 3.10. The van der Waals surface area contributed by atoms with E-state index < -0.39 is 17.3 Å². The first-order chi connectivity index (χ1) is 13.2. The summed E-state index contributed by atoms with van der Waals surface area (Å²) in [4.78, 5) is 13.0. The van der Waals surface area contributed by atoms with Crippen molar-refractivity contribution in [1.29, 1.82) is 0 Å². The molecule has 0 amide bonds. The highest BCUT2D eigenvalue weighted by Crippen LogP contribution is 2.45. The number of aliphatic hydroxyl groups is 2. The van der Waals surface area contributed by atoms with E-state index in [0.717, 1.165) is 24.8 Å². The van der Waals surface area contributed by atoms with Crippen LogP contribution in [0.25, 0.3) is 11.0 Å². The summed E-state index contributed by atoms with van der Waals surface area (Å²) in [5.41, 5.74) is -1.21. The molecule has 2 aliphatic rings. The molecule has 0 saturated heterocycles. The first kappa shape index (κ1) is 19.3. The fraction of sp³-hybridized carbons (Fsp3) is 0.591. The van der Waals surface area contributed by atoms with Gasteiger partial charge < -0.3 is 24.1 Å². The van der Waals surface area contributed by atoms with E-state index in [2.05, 4.69) is 0 Å². The van der Waals surface area contributed by atoms with E-state index in [1.54, 1.807) is 19.9 Å². The van der Waals surface area contributed by atoms with Crippen molar-refractivity contribution in [3.8, 4) is 11.5 Å². The number of ether oxygens (including phenoxy) is 2. The van der Waals surface area contributed by atoms with Crippen LogP contribution in [-0.4, -0.2) is 28.5 Å². The number of rotatable bonds is 5. The first-order valence-electron chi connectivity index (χ1n) is 10.1. The average Bonchev–Trinajstić information content (AvgIpc) is 3.25. The van der Waals surface area contributed by atoms with Gasteiger partial charge in [0.15, 0.2) is 5.43 Å². The highest BCUT2D eigenvalue weighted by molar-refractivity contribution is 5.87. The molecule has 2 heterocycles. The van der Waals surface area contributed by atoms with Gasteiger partial charge >= 0.3 is 0 Å². The highest BCUT2D eigenvalue weighted by Gasteiger charge is 2.39. The van der Waals surface area contributed by atoms with Crippen molar-refractivity contribution < 1.29 is 24.1 Å². The Bertz CT molecular complexity index is 946. The van der Waals surface area contributed by atoms with Gasteiger partial charge in [0.25, 0.3) is 0 Å². The Kier molecular flexibility index (Phi) is 4.67. The van der Waals surface area contributed by atoms with Crippen LogP contribution in [0.2, 0.25) is 0 Å². The van der Waals surface area contributed by atoms with Crippen LogP contribution in [-0.2, 0) is 12.0 Å². The minimum Gasteiger partial charge on any atom is -0.492 e. The largest absolute Gasteiger partial charge is 0.492 e. The minimum atomic E-state index is -1.09. The Balaban J connectivity index is 1.89. The van der Waals surface area contributed by atoms with E-state index >= 15 is 0 Å². The highest BCUT2D eigenvalue weighted by atomic mass is 16.5. The second-order valence-corrected chi connectivity index (χ2v) is 8.58. The minimum absolute atomic E-state index is 0.225. The van der Waals surface area contributed by atoms with E-state index in [4.69, 9.17) is 13.9 Å². The van der Waals surface area contributed by atoms with Crippen molar-refractivity contribution >= 4 is 11.0 Å². The van der Waals surface area contributed by atoms with Crippen LogP contribution in [0.4, 0.5) is 0 Å². The molecule has 2 N–H and O–H groups in total. The monoisotopic (exact) mass is 388 g/mol. The molecule has 28 heavy (non-hydrogen) atoms. The van der Waals surface area contributed by atoms with Crippen molar-refractivity contribution in [3.63, 3.8) is 0 Å². The van der Waals surface area contributed by atoms with Crippen molar-refractivity contribution in [2.75, 3.05) is 6.61 Å². The Labute approximate surface area is 164 Å². The fourth-order valence-electron chi connectivity index (χ4n) is 4.18. The third kappa shape index (κ3) is 3.18. The molecule has 4 rings (SSSR count). The van der Waals surface area contributed by atoms with Crippen LogP contribution in [0, 0.1) is 0 Å². The van der Waals surface area contributed by atoms with Gasteiger partial charge in [0.05, 0.1) is 12.2 Å². The van der Waals surface area contributed by atoms with E-state index in [-0.39, 0.29) is 5.43 Å². The normalized spacial score (nSPS) is 21.0. The van der Waals surface area contributed by atoms with Crippen molar-refractivity contribution in [3.05, 3.63) is 33.7 Å². The third-order valence-electron chi connectivity index (χ3n) is 5.82. The van der Waals surface area contributed by atoms with Crippen LogP contribution in [0.3, 0.4) is 0 Å². The van der Waals surface area contributed by atoms with Gasteiger partial charge in [0.1, 0.15) is 39.9 Å². The van der Waals surface area contributed by atoms with Gasteiger partial charge in [-0.2, -0.15) is 0 Å². The molecule has 2 aromatic rings. The SMILES string of the molecule is CCCOc1c2c(cc3oc(C4(O)CCCC4)cc(=O)c13)OC(C(C)(C)O)C2. The van der Waals surface area contributed by atoms with E-state index in [1.807, 2.05) is 6.92 Å². The van der Waals surface area contributed by atoms with Gasteiger partial charge in [-0.3, -0.25) is 4.79 Å². The quantitative estimate of drug-likeness (QED) is 0.816. The molecule has 0 bridgehead atoms. The fourth-order valence-corrected chi connectivity index (χ4v) is 4.18. The zero-order valence-electron chi connectivity index (χ0n) is 16.7. The van der Waals surface area contributed by atoms with E-state index in [1.165, 1.54) is 6.07 Å². The zero-order chi connectivity index (χ0) is 20.1. The molecular weight excluding hydrogens is 360 g/mol. The van der Waals surface area contributed by atoms with Crippen LogP contribution in [0.1, 0.15) is 64.2 Å². The van der Waals surface area contributed by atoms with Gasteiger partial charge in [-0.1, -0.05) is 6.92 Å². The molecule has 6 heteroatoms. The first-order valence-corrected chi connectivity index (χ1v) is 10.1. The molecule has 1 aromatic carbocycles. The second-order valence-electron chi connectivity index (χ2n) is 8.58. The topological polar surface area (TPSA) is 89.1 Å². The summed E-state index contributed by atoms with van der Waals surface area (Å²) in [5, 5.41) is 21.6. The molecule has 1 aromatic heterocycles. The van der Waals surface area contributed by atoms with Gasteiger partial charge in [-0.05, 0) is 46.0 Å². The van der Waals surface area contributed by atoms with E-state index in [9.17, 15) is 15.0 Å². The number of hydrogen-bond acceptors (Lipinski definition) is 6. The van der Waals surface area contributed by atoms with Crippen LogP contribution < -0.4 is 14.9 Å². The summed E-state index contributed by atoms with van der Waals surface area (Å²) >= 11 is 0. The number of hydrogen-bond donors (Lipinski definition) is 2. The molecule has 0 spiro atoms. The van der Waals surface area contributed by atoms with Gasteiger partial charge in [-0.15, -0.1) is 0 Å². The lowest BCUT2D eigenvalue weighted by Gasteiger charge is -2.24. The molecule has 1 aliphatic carbocycles. The lowest BCUT2D eigenvalue weighted by Crippen LogP contribution is -2.39. The third-order valence-corrected chi connectivity index (χ3v) is 5.82. The van der Waals surface area contributed by atoms with Crippen molar-refractivity contribution in [2.24, 2.45) is 0 Å². The van der Waals surface area contributed by atoms with Crippen LogP contribution >= 0.6 is 0 Å². The molecule has 1 fully saturated rings. The molecule has 1 atom stereocenters. The van der Waals surface area contributed by atoms with Gasteiger partial charge in [0.2, 0.25) is 0 Å². The summed E-state index contributed by atoms with van der Waals surface area (Å²) < 4.78 is 18.0. The van der Waals surface area contributed by atoms with Crippen molar-refractivity contribution in [1.82, 2.24) is 0 Å². The number of benzene rings is 1. The molecule has 0 radical (unpaired) electrons. The van der Waals surface area contributed by atoms with E-state index in [0.29, 0.717) is 54.1 Å². The Morgan fingerprint density at radius 3 is 2.64 bits per heavy atom. The molecule has 152 valence electrons. The molecule has 1 aliphatic heterocycles. The van der Waals surface area contributed by atoms with Gasteiger partial charge in [0, 0.05) is 24.1 Å². The Morgan fingerprint density at radius 1 is 1.29 bits per heavy atom. The Hall–Kier alpha value is -2.05. The Morgan fingerprint density at radius 2 is 2.00 bits per heavy atom. The molecular formula is C22H28O6. The summed E-state index contributed by atoms with van der Waals surface area (Å²) in [5.74, 6) is 1.34. The summed E-state index contributed by atoms with van der Waals surface area (Å²) in [7, 11) is 0. The lowest BCUT2D eigenvalue weighted by atomic mass is 9.95. The maximum atomic E-state index is 13.0. The second kappa shape index (κ2) is 6.78. The van der Waals surface area contributed by atoms with Gasteiger partial charge in [-0.25, -0.2) is 0 Å². The average molecular weight is 388 g/mol. The molecule has 1 unspecified atom stereocenters. The predicted octanol–water partition coefficient (Wildman–Crippen LogP) is 3.42. The number of fused-ring (bicyclic) bond motifs is 2. The van der Waals surface area contributed by atoms with Crippen LogP contribution in [0.5, 0.6) is 11.5 Å². The van der Waals surface area contributed by atoms with Crippen LogP contribution in [0.15, 0.2) is 21.3 Å². The molecule has 6 nitrogen and oxygen atoms in total. The van der Waals surface area contributed by atoms with Crippen molar-refractivity contribution in [2.45, 2.75) is 76.6 Å². The smallest absolute Gasteiger partial charge is 0.196 e. The maximum Gasteiger partial charge on any atom is 0.196 e. The standard InChI is InChI=1S/C22H28O6/c1-4-9-26-20-13-10-17(21(2,3)24)27-15(13)12-16-19(20)14(23)11-18(28-16)22(25)7-5-6-8-22/h11-12,17,24-25H,4-10H2,1-3H3. The predicted molar refractivity (Wildman–Crippen MR) is 105 cm³/mol. The maximum absolute atomic E-state index is 13.0. The summed E-state index contributed by atoms with van der Waals surface area (Å²) in [6.07, 6.45) is 3.80. The zero-order valence-corrected chi connectivity index (χ0v) is 16.7. The lowest BCUT2D eigenvalue weighted by molar-refractivity contribution is -0.0229. The molecule has 1 saturated carbocycles.